The van der Waals surface area contributed by atoms with Crippen LogP contribution in [0.1, 0.15) is 18.1 Å². The van der Waals surface area contributed by atoms with Gasteiger partial charge >= 0.3 is 0 Å². The van der Waals surface area contributed by atoms with E-state index in [2.05, 4.69) is 10.4 Å². The standard InChI is InChI=1S/C21H22ClN3O3/c1-14-12-18(8-9-19(14)22)28-15(2)21(26)24-20-10-11-23-25(20)13-16-4-6-17(27-3)7-5-16/h4-12,15H,13H2,1-3H3,(H,24,26)/t15-/m0/s1. The third-order valence-electron chi connectivity index (χ3n) is 4.27. The van der Waals surface area contributed by atoms with Gasteiger partial charge in [-0.2, -0.15) is 5.10 Å². The molecule has 0 bridgehead atoms. The first-order valence-electron chi connectivity index (χ1n) is 8.84. The molecule has 7 heteroatoms. The number of nitrogens with one attached hydrogen (secondary N) is 1. The Morgan fingerprint density at radius 1 is 1.18 bits per heavy atom. The van der Waals surface area contributed by atoms with Crippen LogP contribution in [0, 0.1) is 6.92 Å². The number of nitrogens with zero attached hydrogens (tertiary/aromatic N) is 2. The number of hydrogen-bond donors (Lipinski definition) is 1. The van der Waals surface area contributed by atoms with Crippen LogP contribution < -0.4 is 14.8 Å². The predicted molar refractivity (Wildman–Crippen MR) is 109 cm³/mol. The van der Waals surface area contributed by atoms with Crippen molar-refractivity contribution in [1.29, 1.82) is 0 Å². The van der Waals surface area contributed by atoms with Gasteiger partial charge in [-0.3, -0.25) is 4.79 Å². The van der Waals surface area contributed by atoms with E-state index in [0.717, 1.165) is 16.9 Å². The molecule has 1 N–H and O–H groups in total. The smallest absolute Gasteiger partial charge is 0.266 e. The minimum atomic E-state index is -0.676. The Hall–Kier alpha value is -2.99. The van der Waals surface area contributed by atoms with E-state index in [4.69, 9.17) is 21.1 Å². The van der Waals surface area contributed by atoms with Crippen LogP contribution in [0.5, 0.6) is 11.5 Å². The number of rotatable bonds is 7. The zero-order chi connectivity index (χ0) is 20.1. The number of hydrogen-bond acceptors (Lipinski definition) is 4. The number of benzene rings is 2. The first kappa shape index (κ1) is 19.8. The average Bonchev–Trinajstić information content (AvgIpc) is 3.12. The molecule has 0 saturated carbocycles. The van der Waals surface area contributed by atoms with Crippen molar-refractivity contribution < 1.29 is 14.3 Å². The number of halogens is 1. The molecule has 1 atom stereocenters. The van der Waals surface area contributed by atoms with Gasteiger partial charge in [0.25, 0.3) is 5.91 Å². The van der Waals surface area contributed by atoms with E-state index in [0.29, 0.717) is 23.1 Å². The summed E-state index contributed by atoms with van der Waals surface area (Å²) in [7, 11) is 1.63. The van der Waals surface area contributed by atoms with Crippen LogP contribution in [-0.2, 0) is 11.3 Å². The van der Waals surface area contributed by atoms with Gasteiger partial charge in [0.05, 0.1) is 19.9 Å². The normalized spacial score (nSPS) is 11.7. The van der Waals surface area contributed by atoms with Crippen LogP contribution in [0.3, 0.4) is 0 Å². The number of amides is 1. The van der Waals surface area contributed by atoms with E-state index < -0.39 is 6.10 Å². The summed E-state index contributed by atoms with van der Waals surface area (Å²) in [6, 6.07) is 14.7. The highest BCUT2D eigenvalue weighted by Gasteiger charge is 2.17. The Morgan fingerprint density at radius 2 is 1.89 bits per heavy atom. The van der Waals surface area contributed by atoms with Gasteiger partial charge in [0, 0.05) is 11.1 Å². The van der Waals surface area contributed by atoms with Gasteiger partial charge in [0.2, 0.25) is 0 Å². The molecule has 0 unspecified atom stereocenters. The number of anilines is 1. The molecule has 0 radical (unpaired) electrons. The first-order chi connectivity index (χ1) is 13.5. The lowest BCUT2D eigenvalue weighted by Crippen LogP contribution is -2.31. The predicted octanol–water partition coefficient (Wildman–Crippen LogP) is 4.31. The van der Waals surface area contributed by atoms with Crippen molar-refractivity contribution in [3.63, 3.8) is 0 Å². The molecular formula is C21H22ClN3O3. The molecule has 0 aliphatic rings. The maximum Gasteiger partial charge on any atom is 0.266 e. The molecule has 0 aliphatic heterocycles. The molecule has 0 spiro atoms. The van der Waals surface area contributed by atoms with Gasteiger partial charge in [-0.15, -0.1) is 0 Å². The van der Waals surface area contributed by atoms with Crippen LogP contribution in [0.15, 0.2) is 54.7 Å². The van der Waals surface area contributed by atoms with Gasteiger partial charge in [0.1, 0.15) is 17.3 Å². The molecule has 28 heavy (non-hydrogen) atoms. The van der Waals surface area contributed by atoms with Crippen molar-refractivity contribution in [2.75, 3.05) is 12.4 Å². The van der Waals surface area contributed by atoms with Crippen LogP contribution in [0.2, 0.25) is 5.02 Å². The number of ether oxygens (including phenoxy) is 2. The summed E-state index contributed by atoms with van der Waals surface area (Å²) < 4.78 is 12.6. The van der Waals surface area contributed by atoms with Crippen molar-refractivity contribution >= 4 is 23.3 Å². The van der Waals surface area contributed by atoms with Crippen molar-refractivity contribution in [3.05, 3.63) is 70.9 Å². The SMILES string of the molecule is COc1ccc(Cn2nccc2NC(=O)[C@H](C)Oc2ccc(Cl)c(C)c2)cc1. The molecule has 0 aliphatic carbocycles. The van der Waals surface area contributed by atoms with E-state index in [9.17, 15) is 4.79 Å². The molecule has 3 aromatic rings. The van der Waals surface area contributed by atoms with Gasteiger partial charge in [-0.25, -0.2) is 4.68 Å². The molecule has 146 valence electrons. The second-order valence-corrected chi connectivity index (χ2v) is 6.79. The molecule has 1 aromatic heterocycles. The maximum absolute atomic E-state index is 12.5. The quantitative estimate of drug-likeness (QED) is 0.643. The molecule has 2 aromatic carbocycles. The second kappa shape index (κ2) is 8.80. The van der Waals surface area contributed by atoms with Crippen LogP contribution >= 0.6 is 11.6 Å². The lowest BCUT2D eigenvalue weighted by atomic mass is 10.2. The summed E-state index contributed by atoms with van der Waals surface area (Å²) in [6.07, 6.45) is 0.970. The van der Waals surface area contributed by atoms with Crippen molar-refractivity contribution in [2.24, 2.45) is 0 Å². The van der Waals surface area contributed by atoms with Gasteiger partial charge in [0.15, 0.2) is 6.10 Å². The number of carbonyl (C=O) groups is 1. The van der Waals surface area contributed by atoms with Gasteiger partial charge in [-0.05, 0) is 55.3 Å². The molecule has 1 amide bonds. The number of aryl methyl sites for hydroxylation is 1. The van der Waals surface area contributed by atoms with Crippen molar-refractivity contribution in [2.45, 2.75) is 26.5 Å². The first-order valence-corrected chi connectivity index (χ1v) is 9.22. The lowest BCUT2D eigenvalue weighted by Gasteiger charge is -2.16. The summed E-state index contributed by atoms with van der Waals surface area (Å²) in [5, 5.41) is 7.81. The van der Waals surface area contributed by atoms with Crippen LogP contribution in [0.25, 0.3) is 0 Å². The minimum Gasteiger partial charge on any atom is -0.497 e. The van der Waals surface area contributed by atoms with Crippen LogP contribution in [-0.4, -0.2) is 28.9 Å². The largest absolute Gasteiger partial charge is 0.497 e. The maximum atomic E-state index is 12.5. The summed E-state index contributed by atoms with van der Waals surface area (Å²) in [5.41, 5.74) is 1.94. The minimum absolute atomic E-state index is 0.260. The topological polar surface area (TPSA) is 65.4 Å². The third kappa shape index (κ3) is 4.84. The number of aromatic nitrogens is 2. The monoisotopic (exact) mass is 399 g/mol. The highest BCUT2D eigenvalue weighted by atomic mass is 35.5. The van der Waals surface area contributed by atoms with E-state index in [1.54, 1.807) is 49.2 Å². The highest BCUT2D eigenvalue weighted by molar-refractivity contribution is 6.31. The van der Waals surface area contributed by atoms with Crippen molar-refractivity contribution in [1.82, 2.24) is 9.78 Å². The molecule has 0 saturated heterocycles. The Kier molecular flexibility index (Phi) is 6.21. The van der Waals surface area contributed by atoms with Gasteiger partial charge < -0.3 is 14.8 Å². The highest BCUT2D eigenvalue weighted by Crippen LogP contribution is 2.22. The Bertz CT molecular complexity index is 954. The second-order valence-electron chi connectivity index (χ2n) is 6.38. The molecule has 6 nitrogen and oxygen atoms in total. The summed E-state index contributed by atoms with van der Waals surface area (Å²) >= 11 is 6.02. The summed E-state index contributed by atoms with van der Waals surface area (Å²) in [5.74, 6) is 1.73. The molecular weight excluding hydrogens is 378 g/mol. The van der Waals surface area contributed by atoms with Crippen molar-refractivity contribution in [3.8, 4) is 11.5 Å². The number of methoxy groups -OCH3 is 1. The van der Waals surface area contributed by atoms with E-state index >= 15 is 0 Å². The zero-order valence-electron chi connectivity index (χ0n) is 16.0. The average molecular weight is 400 g/mol. The summed E-state index contributed by atoms with van der Waals surface area (Å²) in [4.78, 5) is 12.5. The van der Waals surface area contributed by atoms with Crippen LogP contribution in [0.4, 0.5) is 5.82 Å². The Morgan fingerprint density at radius 3 is 2.57 bits per heavy atom. The van der Waals surface area contributed by atoms with E-state index in [1.807, 2.05) is 31.2 Å². The Labute approximate surface area is 169 Å². The fourth-order valence-corrected chi connectivity index (χ4v) is 2.76. The molecule has 0 fully saturated rings. The lowest BCUT2D eigenvalue weighted by molar-refractivity contribution is -0.122. The Balaban J connectivity index is 1.63. The number of carbonyl (C=O) groups excluding carboxylic acids is 1. The fourth-order valence-electron chi connectivity index (χ4n) is 2.64. The van der Waals surface area contributed by atoms with E-state index in [1.165, 1.54) is 0 Å². The summed E-state index contributed by atoms with van der Waals surface area (Å²) in [6.45, 7) is 4.11. The fraction of sp³-hybridized carbons (Fsp3) is 0.238. The zero-order valence-corrected chi connectivity index (χ0v) is 16.7. The molecule has 3 rings (SSSR count). The van der Waals surface area contributed by atoms with E-state index in [-0.39, 0.29) is 5.91 Å². The third-order valence-corrected chi connectivity index (χ3v) is 4.69. The van der Waals surface area contributed by atoms with Gasteiger partial charge in [-0.1, -0.05) is 23.7 Å². The molecule has 1 heterocycles.